The number of thiocarbonyl (C=S) groups is 1. The Morgan fingerprint density at radius 2 is 1.43 bits per heavy atom. The van der Waals surface area contributed by atoms with E-state index in [9.17, 15) is 0 Å². The van der Waals surface area contributed by atoms with Crippen LogP contribution in [-0.4, -0.2) is 69.2 Å². The molecule has 0 radical (unpaired) electrons. The smallest absolute Gasteiger partial charge is 0.0870 e. The lowest BCUT2D eigenvalue weighted by Crippen LogP contribution is -2.35. The van der Waals surface area contributed by atoms with Crippen molar-refractivity contribution in [2.45, 2.75) is 33.1 Å². The predicted octanol–water partition coefficient (Wildman–Crippen LogP) is 1.83. The highest BCUT2D eigenvalue weighted by molar-refractivity contribution is 7.80. The van der Waals surface area contributed by atoms with E-state index in [0.717, 1.165) is 32.5 Å². The first kappa shape index (κ1) is 20.7. The van der Waals surface area contributed by atoms with Crippen LogP contribution in [0.15, 0.2) is 0 Å². The molecule has 0 rings (SSSR count). The van der Waals surface area contributed by atoms with Gasteiger partial charge in [-0.15, -0.1) is 0 Å². The van der Waals surface area contributed by atoms with E-state index in [1.165, 1.54) is 6.42 Å². The van der Waals surface area contributed by atoms with E-state index in [0.29, 0.717) is 44.6 Å². The zero-order valence-electron chi connectivity index (χ0n) is 13.6. The van der Waals surface area contributed by atoms with Crippen molar-refractivity contribution in [3.63, 3.8) is 0 Å². The van der Waals surface area contributed by atoms with Gasteiger partial charge in [0.25, 0.3) is 0 Å². The van der Waals surface area contributed by atoms with Gasteiger partial charge in [0.2, 0.25) is 0 Å². The summed E-state index contributed by atoms with van der Waals surface area (Å²) in [6.07, 6.45) is 3.37. The quantitative estimate of drug-likeness (QED) is 0.346. The molecule has 21 heavy (non-hydrogen) atoms. The van der Waals surface area contributed by atoms with E-state index >= 15 is 0 Å². The Kier molecular flexibility index (Phi) is 15.9. The van der Waals surface area contributed by atoms with Crippen molar-refractivity contribution in [2.24, 2.45) is 5.73 Å². The molecule has 0 amide bonds. The van der Waals surface area contributed by atoms with Gasteiger partial charge in [-0.25, -0.2) is 0 Å². The number of hydrogen-bond donors (Lipinski definition) is 1. The Labute approximate surface area is 135 Å². The third-order valence-corrected chi connectivity index (χ3v) is 2.99. The molecule has 126 valence electrons. The van der Waals surface area contributed by atoms with Crippen LogP contribution in [0, 0.1) is 0 Å². The van der Waals surface area contributed by atoms with Crippen molar-refractivity contribution < 1.29 is 14.2 Å². The summed E-state index contributed by atoms with van der Waals surface area (Å²) in [6, 6.07) is 0. The number of rotatable bonds is 16. The van der Waals surface area contributed by atoms with Crippen molar-refractivity contribution >= 4 is 17.2 Å². The van der Waals surface area contributed by atoms with Crippen molar-refractivity contribution in [1.82, 2.24) is 4.90 Å². The van der Waals surface area contributed by atoms with Gasteiger partial charge in [0.1, 0.15) is 0 Å². The molecule has 0 aromatic heterocycles. The van der Waals surface area contributed by atoms with Gasteiger partial charge >= 0.3 is 0 Å². The minimum Gasteiger partial charge on any atom is -0.392 e. The zero-order valence-corrected chi connectivity index (χ0v) is 14.5. The Balaban J connectivity index is 3.31. The second kappa shape index (κ2) is 16.1. The maximum absolute atomic E-state index is 5.57. The molecule has 0 fully saturated rings. The van der Waals surface area contributed by atoms with Gasteiger partial charge in [-0.3, -0.25) is 4.90 Å². The summed E-state index contributed by atoms with van der Waals surface area (Å²) in [4.78, 5) is 2.75. The Morgan fingerprint density at radius 3 is 1.95 bits per heavy atom. The number of hydrogen-bond acceptors (Lipinski definition) is 5. The molecule has 0 aliphatic rings. The standard InChI is InChI=1S/C15H32N2O3S/c1-3-5-8-18-10-12-20-13-11-19-9-7-17(6-4-2)14-15(16)21/h3-14H2,1-2H3,(H2,16,21). The number of unbranched alkanes of at least 4 members (excludes halogenated alkanes) is 1. The first-order valence-electron chi connectivity index (χ1n) is 7.94. The van der Waals surface area contributed by atoms with Gasteiger partial charge in [0.15, 0.2) is 0 Å². The van der Waals surface area contributed by atoms with Crippen LogP contribution in [0.4, 0.5) is 0 Å². The van der Waals surface area contributed by atoms with Crippen molar-refractivity contribution in [1.29, 1.82) is 0 Å². The summed E-state index contributed by atoms with van der Waals surface area (Å²) < 4.78 is 16.4. The molecule has 0 aromatic carbocycles. The van der Waals surface area contributed by atoms with E-state index in [1.54, 1.807) is 0 Å². The monoisotopic (exact) mass is 320 g/mol. The average Bonchev–Trinajstić information content (AvgIpc) is 2.44. The zero-order chi connectivity index (χ0) is 15.8. The van der Waals surface area contributed by atoms with E-state index in [-0.39, 0.29) is 0 Å². The highest BCUT2D eigenvalue weighted by Gasteiger charge is 2.04. The van der Waals surface area contributed by atoms with Gasteiger partial charge in [-0.2, -0.15) is 0 Å². The lowest BCUT2D eigenvalue weighted by Gasteiger charge is -2.20. The van der Waals surface area contributed by atoms with Crippen molar-refractivity contribution in [2.75, 3.05) is 59.3 Å². The van der Waals surface area contributed by atoms with E-state index in [2.05, 4.69) is 18.7 Å². The SMILES string of the molecule is CCCCOCCOCCOCCN(CCC)CC(N)=S. The Hall–Kier alpha value is -0.270. The van der Waals surface area contributed by atoms with Crippen LogP contribution in [-0.2, 0) is 14.2 Å². The molecule has 0 saturated carbocycles. The molecular formula is C15H32N2O3S. The van der Waals surface area contributed by atoms with Gasteiger partial charge in [-0.1, -0.05) is 32.5 Å². The summed E-state index contributed by atoms with van der Waals surface area (Å²) in [7, 11) is 0. The van der Waals surface area contributed by atoms with E-state index in [4.69, 9.17) is 32.2 Å². The molecule has 2 N–H and O–H groups in total. The van der Waals surface area contributed by atoms with Crippen molar-refractivity contribution in [3.8, 4) is 0 Å². The van der Waals surface area contributed by atoms with Crippen LogP contribution in [0.25, 0.3) is 0 Å². The minimum atomic E-state index is 0.537. The van der Waals surface area contributed by atoms with Crippen molar-refractivity contribution in [3.05, 3.63) is 0 Å². The fourth-order valence-corrected chi connectivity index (χ4v) is 1.97. The Morgan fingerprint density at radius 1 is 0.857 bits per heavy atom. The average molecular weight is 320 g/mol. The highest BCUT2D eigenvalue weighted by atomic mass is 32.1. The fraction of sp³-hybridized carbons (Fsp3) is 0.933. The number of nitrogens with two attached hydrogens (primary N) is 1. The van der Waals surface area contributed by atoms with Crippen LogP contribution >= 0.6 is 12.2 Å². The fourth-order valence-electron chi connectivity index (χ4n) is 1.79. The molecule has 0 spiro atoms. The second-order valence-electron chi connectivity index (χ2n) is 4.93. The summed E-state index contributed by atoms with van der Waals surface area (Å²) in [6.45, 7) is 10.8. The molecule has 6 heteroatoms. The molecule has 0 saturated heterocycles. The summed E-state index contributed by atoms with van der Waals surface area (Å²) in [5, 5.41) is 0. The predicted molar refractivity (Wildman–Crippen MR) is 90.9 cm³/mol. The normalized spacial score (nSPS) is 11.2. The molecule has 5 nitrogen and oxygen atoms in total. The van der Waals surface area contributed by atoms with Crippen LogP contribution in [0.2, 0.25) is 0 Å². The summed E-state index contributed by atoms with van der Waals surface area (Å²) >= 11 is 4.94. The summed E-state index contributed by atoms with van der Waals surface area (Å²) in [5.41, 5.74) is 5.57. The van der Waals surface area contributed by atoms with Crippen LogP contribution < -0.4 is 5.73 Å². The first-order chi connectivity index (χ1) is 10.2. The van der Waals surface area contributed by atoms with Gasteiger partial charge in [-0.05, 0) is 19.4 Å². The first-order valence-corrected chi connectivity index (χ1v) is 8.35. The maximum atomic E-state index is 5.57. The minimum absolute atomic E-state index is 0.537. The summed E-state index contributed by atoms with van der Waals surface area (Å²) in [5.74, 6) is 0. The van der Waals surface area contributed by atoms with E-state index in [1.807, 2.05) is 0 Å². The third-order valence-electron chi connectivity index (χ3n) is 2.86. The molecule has 0 heterocycles. The third kappa shape index (κ3) is 15.9. The molecule has 0 aliphatic carbocycles. The number of nitrogens with zero attached hydrogens (tertiary/aromatic N) is 1. The molecule has 0 aliphatic heterocycles. The van der Waals surface area contributed by atoms with Gasteiger partial charge < -0.3 is 19.9 Å². The van der Waals surface area contributed by atoms with E-state index < -0.39 is 0 Å². The highest BCUT2D eigenvalue weighted by Crippen LogP contribution is 1.92. The second-order valence-corrected chi connectivity index (χ2v) is 5.46. The van der Waals surface area contributed by atoms with Crippen LogP contribution in [0.5, 0.6) is 0 Å². The topological polar surface area (TPSA) is 57.0 Å². The van der Waals surface area contributed by atoms with Gasteiger partial charge in [0, 0.05) is 19.7 Å². The number of ether oxygens (including phenoxy) is 3. The Bertz CT molecular complexity index is 243. The molecule has 0 atom stereocenters. The van der Waals surface area contributed by atoms with Crippen LogP contribution in [0.3, 0.4) is 0 Å². The molecule has 0 bridgehead atoms. The molecule has 0 aromatic rings. The van der Waals surface area contributed by atoms with Gasteiger partial charge in [0.05, 0.1) is 38.0 Å². The molecule has 0 unspecified atom stereocenters. The van der Waals surface area contributed by atoms with Crippen LogP contribution in [0.1, 0.15) is 33.1 Å². The molecular weight excluding hydrogens is 288 g/mol. The lowest BCUT2D eigenvalue weighted by atomic mass is 10.4. The maximum Gasteiger partial charge on any atom is 0.0870 e. The largest absolute Gasteiger partial charge is 0.392 e. The lowest BCUT2D eigenvalue weighted by molar-refractivity contribution is 0.0108.